The third-order valence-electron chi connectivity index (χ3n) is 4.37. The van der Waals surface area contributed by atoms with Gasteiger partial charge >= 0.3 is 5.97 Å². The van der Waals surface area contributed by atoms with Crippen LogP contribution in [0, 0.1) is 0 Å². The lowest BCUT2D eigenvalue weighted by Crippen LogP contribution is -2.24. The fourth-order valence-electron chi connectivity index (χ4n) is 2.89. The van der Waals surface area contributed by atoms with E-state index in [0.717, 1.165) is 10.2 Å². The molecule has 0 fully saturated rings. The molecule has 0 saturated carbocycles. The minimum Gasteiger partial charge on any atom is -0.481 e. The summed E-state index contributed by atoms with van der Waals surface area (Å²) in [5.74, 6) is -1.27. The molecule has 1 atom stereocenters. The Morgan fingerprint density at radius 3 is 2.37 bits per heavy atom. The molecule has 10 heteroatoms. The minimum atomic E-state index is -0.933. The van der Waals surface area contributed by atoms with Crippen molar-refractivity contribution < 1.29 is 9.90 Å². The van der Waals surface area contributed by atoms with Crippen LogP contribution >= 0.6 is 50.7 Å². The van der Waals surface area contributed by atoms with E-state index >= 15 is 0 Å². The number of halogens is 4. The average molecular weight is 532 g/mol. The summed E-state index contributed by atoms with van der Waals surface area (Å²) in [6.07, 6.45) is 1.36. The first-order valence-corrected chi connectivity index (χ1v) is 10.6. The van der Waals surface area contributed by atoms with E-state index in [2.05, 4.69) is 26.3 Å². The molecule has 0 spiro atoms. The van der Waals surface area contributed by atoms with E-state index in [1.54, 1.807) is 42.5 Å². The topological polar surface area (TPSA) is 84.2 Å². The Kier molecular flexibility index (Phi) is 7.41. The Balaban J connectivity index is 1.87. The van der Waals surface area contributed by atoms with Crippen LogP contribution in [0.1, 0.15) is 17.9 Å². The predicted molar refractivity (Wildman–Crippen MR) is 122 cm³/mol. The molecule has 3 aromatic rings. The number of aromatic nitrogens is 2. The number of carbonyl (C=O) groups is 1. The predicted octanol–water partition coefficient (Wildman–Crippen LogP) is 5.63. The summed E-state index contributed by atoms with van der Waals surface area (Å²) in [7, 11) is 0. The highest BCUT2D eigenvalue weighted by molar-refractivity contribution is 9.10. The molecule has 0 aliphatic rings. The van der Waals surface area contributed by atoms with Crippen molar-refractivity contribution in [1.29, 1.82) is 0 Å². The highest BCUT2D eigenvalue weighted by Crippen LogP contribution is 2.28. The van der Waals surface area contributed by atoms with Crippen molar-refractivity contribution in [2.24, 2.45) is 0 Å². The van der Waals surface area contributed by atoms with Gasteiger partial charge in [0.1, 0.15) is 10.2 Å². The van der Waals surface area contributed by atoms with E-state index in [-0.39, 0.29) is 39.1 Å². The van der Waals surface area contributed by atoms with Crippen LogP contribution in [-0.2, 0) is 4.79 Å². The first-order chi connectivity index (χ1) is 14.3. The first kappa shape index (κ1) is 22.6. The molecule has 1 unspecified atom stereocenters. The smallest absolute Gasteiger partial charge is 0.304 e. The maximum Gasteiger partial charge on any atom is 0.304 e. The van der Waals surface area contributed by atoms with Gasteiger partial charge < -0.3 is 10.4 Å². The summed E-state index contributed by atoms with van der Waals surface area (Å²) in [4.78, 5) is 24.1. The zero-order valence-electron chi connectivity index (χ0n) is 15.3. The van der Waals surface area contributed by atoms with Gasteiger partial charge in [-0.1, -0.05) is 53.0 Å². The standard InChI is InChI=1S/C20H15BrCl3N3O3/c21-18-16(10-26-27(20(18)30)19-14(23)2-1-3-15(19)24)25-9-12(8-17(28)29)11-4-6-13(22)7-5-11/h1-7,10,12,25H,8-9H2,(H,28,29). The van der Waals surface area contributed by atoms with Crippen molar-refractivity contribution >= 4 is 62.4 Å². The number of hydrogen-bond donors (Lipinski definition) is 2. The monoisotopic (exact) mass is 529 g/mol. The van der Waals surface area contributed by atoms with Crippen molar-refractivity contribution in [2.75, 3.05) is 11.9 Å². The average Bonchev–Trinajstić information content (AvgIpc) is 2.69. The SMILES string of the molecule is O=C(O)CC(CNc1cnn(-c2c(Cl)cccc2Cl)c(=O)c1Br)c1ccc(Cl)cc1. The molecule has 2 aromatic carbocycles. The Bertz CT molecular complexity index is 1120. The highest BCUT2D eigenvalue weighted by Gasteiger charge is 2.18. The Morgan fingerprint density at radius 1 is 1.13 bits per heavy atom. The number of benzene rings is 2. The molecule has 1 aromatic heterocycles. The number of rotatable bonds is 7. The van der Waals surface area contributed by atoms with Crippen molar-refractivity contribution in [3.63, 3.8) is 0 Å². The molecule has 0 saturated heterocycles. The largest absolute Gasteiger partial charge is 0.481 e. The number of hydrogen-bond acceptors (Lipinski definition) is 4. The Morgan fingerprint density at radius 2 is 1.77 bits per heavy atom. The van der Waals surface area contributed by atoms with Gasteiger partial charge in [0.2, 0.25) is 0 Å². The number of nitrogens with zero attached hydrogens (tertiary/aromatic N) is 2. The normalized spacial score (nSPS) is 11.9. The maximum absolute atomic E-state index is 12.8. The van der Waals surface area contributed by atoms with E-state index < -0.39 is 11.5 Å². The van der Waals surface area contributed by atoms with Crippen LogP contribution in [-0.4, -0.2) is 27.4 Å². The number of carboxylic acids is 1. The second-order valence-electron chi connectivity index (χ2n) is 6.39. The molecular formula is C20H15BrCl3N3O3. The molecule has 0 aliphatic heterocycles. The van der Waals surface area contributed by atoms with E-state index in [0.29, 0.717) is 10.7 Å². The fourth-order valence-corrected chi connectivity index (χ4v) is 3.99. The second-order valence-corrected chi connectivity index (χ2v) is 8.43. The number of aliphatic carboxylic acids is 1. The molecule has 2 N–H and O–H groups in total. The van der Waals surface area contributed by atoms with Gasteiger partial charge in [0.15, 0.2) is 0 Å². The fraction of sp³-hybridized carbons (Fsp3) is 0.150. The van der Waals surface area contributed by atoms with E-state index in [4.69, 9.17) is 34.8 Å². The molecule has 1 heterocycles. The molecule has 30 heavy (non-hydrogen) atoms. The van der Waals surface area contributed by atoms with E-state index in [9.17, 15) is 14.7 Å². The van der Waals surface area contributed by atoms with Crippen LogP contribution in [0.3, 0.4) is 0 Å². The van der Waals surface area contributed by atoms with Gasteiger partial charge in [-0.25, -0.2) is 0 Å². The highest BCUT2D eigenvalue weighted by atomic mass is 79.9. The molecule has 0 radical (unpaired) electrons. The summed E-state index contributed by atoms with van der Waals surface area (Å²) >= 11 is 21.6. The van der Waals surface area contributed by atoms with Crippen molar-refractivity contribution in [3.05, 3.63) is 84.1 Å². The van der Waals surface area contributed by atoms with E-state index in [1.807, 2.05) is 0 Å². The van der Waals surface area contributed by atoms with Gasteiger partial charge in [0.05, 0.1) is 28.4 Å². The van der Waals surface area contributed by atoms with E-state index in [1.165, 1.54) is 6.20 Å². The minimum absolute atomic E-state index is 0.0913. The van der Waals surface area contributed by atoms with Gasteiger partial charge in [-0.15, -0.1) is 0 Å². The lowest BCUT2D eigenvalue weighted by Gasteiger charge is -2.18. The Labute approximate surface area is 195 Å². The van der Waals surface area contributed by atoms with Crippen LogP contribution in [0.5, 0.6) is 0 Å². The zero-order valence-corrected chi connectivity index (χ0v) is 19.1. The van der Waals surface area contributed by atoms with Crippen LogP contribution in [0.15, 0.2) is 57.9 Å². The molecule has 0 amide bonds. The molecule has 6 nitrogen and oxygen atoms in total. The molecule has 156 valence electrons. The number of carboxylic acid groups (broad SMARTS) is 1. The van der Waals surface area contributed by atoms with Gasteiger partial charge in [0.25, 0.3) is 5.56 Å². The first-order valence-electron chi connectivity index (χ1n) is 8.71. The number of anilines is 1. The van der Waals surface area contributed by atoms with Crippen LogP contribution < -0.4 is 10.9 Å². The molecule has 0 bridgehead atoms. The lowest BCUT2D eigenvalue weighted by atomic mass is 9.95. The van der Waals surface area contributed by atoms with Crippen molar-refractivity contribution in [1.82, 2.24) is 9.78 Å². The number of nitrogens with one attached hydrogen (secondary N) is 1. The number of para-hydroxylation sites is 1. The summed E-state index contributed by atoms with van der Waals surface area (Å²) in [6, 6.07) is 11.9. The third-order valence-corrected chi connectivity index (χ3v) is 6.00. The maximum atomic E-state index is 12.8. The zero-order chi connectivity index (χ0) is 21.8. The lowest BCUT2D eigenvalue weighted by molar-refractivity contribution is -0.137. The molecule has 0 aliphatic carbocycles. The van der Waals surface area contributed by atoms with Gasteiger partial charge in [-0.05, 0) is 45.8 Å². The summed E-state index contributed by atoms with van der Waals surface area (Å²) in [5, 5.41) is 17.7. The summed E-state index contributed by atoms with van der Waals surface area (Å²) in [6.45, 7) is 0.268. The van der Waals surface area contributed by atoms with Gasteiger partial charge in [0, 0.05) is 17.5 Å². The van der Waals surface area contributed by atoms with Crippen LogP contribution in [0.4, 0.5) is 5.69 Å². The van der Waals surface area contributed by atoms with Crippen LogP contribution in [0.2, 0.25) is 15.1 Å². The molecular weight excluding hydrogens is 517 g/mol. The summed E-state index contributed by atoms with van der Waals surface area (Å²) in [5.41, 5.74) is 1.05. The van der Waals surface area contributed by atoms with Crippen LogP contribution in [0.25, 0.3) is 5.69 Å². The summed E-state index contributed by atoms with van der Waals surface area (Å²) < 4.78 is 1.33. The third kappa shape index (κ3) is 5.16. The second kappa shape index (κ2) is 9.83. The Hall–Kier alpha value is -2.06. The van der Waals surface area contributed by atoms with Gasteiger partial charge in [-0.3, -0.25) is 9.59 Å². The van der Waals surface area contributed by atoms with Crippen molar-refractivity contribution in [3.8, 4) is 5.69 Å². The van der Waals surface area contributed by atoms with Gasteiger partial charge in [-0.2, -0.15) is 9.78 Å². The quantitative estimate of drug-likeness (QED) is 0.413. The van der Waals surface area contributed by atoms with Crippen molar-refractivity contribution in [2.45, 2.75) is 12.3 Å². The molecule has 3 rings (SSSR count).